The van der Waals surface area contributed by atoms with Gasteiger partial charge in [0.25, 0.3) is 0 Å². The molecule has 0 N–H and O–H groups in total. The minimum Gasteiger partial charge on any atom is -0.373 e. The van der Waals surface area contributed by atoms with E-state index in [0.29, 0.717) is 11.8 Å². The number of ether oxygens (including phenoxy) is 1. The van der Waals surface area contributed by atoms with Crippen LogP contribution < -0.4 is 0 Å². The Morgan fingerprint density at radius 2 is 1.53 bits per heavy atom. The van der Waals surface area contributed by atoms with Gasteiger partial charge in [-0.3, -0.25) is 0 Å². The molecule has 0 spiro atoms. The normalized spacial score (nSPS) is 25.6. The van der Waals surface area contributed by atoms with Crippen LogP contribution in [0.2, 0.25) is 19.6 Å². The van der Waals surface area contributed by atoms with Gasteiger partial charge < -0.3 is 4.74 Å². The van der Waals surface area contributed by atoms with E-state index in [0.717, 1.165) is 0 Å². The van der Waals surface area contributed by atoms with Crippen LogP contribution in [0.5, 0.6) is 0 Å². The predicted molar refractivity (Wildman–Crippen MR) is 70.0 cm³/mol. The molecule has 1 nitrogen and oxygen atoms in total. The van der Waals surface area contributed by atoms with E-state index in [9.17, 15) is 0 Å². The first kappa shape index (κ1) is 13.2. The Bertz CT molecular complexity index is 174. The van der Waals surface area contributed by atoms with Crippen LogP contribution in [-0.4, -0.2) is 19.9 Å². The molecule has 15 heavy (non-hydrogen) atoms. The van der Waals surface area contributed by atoms with Crippen LogP contribution >= 0.6 is 0 Å². The first-order chi connectivity index (χ1) is 7.05. The van der Waals surface area contributed by atoms with E-state index < -0.39 is 8.07 Å². The van der Waals surface area contributed by atoms with Crippen molar-refractivity contribution in [1.29, 1.82) is 0 Å². The molecule has 0 amide bonds. The summed E-state index contributed by atoms with van der Waals surface area (Å²) >= 11 is 0. The molecule has 1 aliphatic heterocycles. The Labute approximate surface area is 96.6 Å². The van der Waals surface area contributed by atoms with Crippen molar-refractivity contribution in [3.8, 4) is 0 Å². The SMILES string of the molecule is CCCCCCCC[C@H]1O[C@@H]1[Si](C)(C)C. The molecule has 1 heterocycles. The number of hydrogen-bond donors (Lipinski definition) is 0. The quantitative estimate of drug-likeness (QED) is 0.341. The van der Waals surface area contributed by atoms with Gasteiger partial charge in [-0.1, -0.05) is 65.1 Å². The summed E-state index contributed by atoms with van der Waals surface area (Å²) in [5, 5.41) is 0. The summed E-state index contributed by atoms with van der Waals surface area (Å²) in [6.45, 7) is 9.52. The second-order valence-electron chi connectivity index (χ2n) is 6.02. The molecule has 0 aromatic rings. The van der Waals surface area contributed by atoms with Crippen molar-refractivity contribution in [2.45, 2.75) is 83.3 Å². The smallest absolute Gasteiger partial charge is 0.0819 e. The van der Waals surface area contributed by atoms with Gasteiger partial charge in [0.1, 0.15) is 0 Å². The molecule has 0 saturated carbocycles. The zero-order valence-corrected chi connectivity index (χ0v) is 12.0. The number of rotatable bonds is 8. The molecule has 0 unspecified atom stereocenters. The van der Waals surface area contributed by atoms with Crippen molar-refractivity contribution < 1.29 is 4.74 Å². The van der Waals surface area contributed by atoms with Gasteiger partial charge in [0.2, 0.25) is 0 Å². The van der Waals surface area contributed by atoms with Crippen molar-refractivity contribution in [3.63, 3.8) is 0 Å². The van der Waals surface area contributed by atoms with Gasteiger partial charge in [0.05, 0.1) is 19.9 Å². The lowest BCUT2D eigenvalue weighted by molar-refractivity contribution is 0.377. The minimum absolute atomic E-state index is 0.642. The van der Waals surface area contributed by atoms with Crippen molar-refractivity contribution in [1.82, 2.24) is 0 Å². The molecule has 0 aromatic carbocycles. The first-order valence-corrected chi connectivity index (χ1v) is 10.3. The molecule has 0 radical (unpaired) electrons. The first-order valence-electron chi connectivity index (χ1n) is 6.71. The third kappa shape index (κ3) is 5.16. The molecule has 1 fully saturated rings. The van der Waals surface area contributed by atoms with E-state index >= 15 is 0 Å². The minimum atomic E-state index is -0.990. The zero-order valence-electron chi connectivity index (χ0n) is 11.0. The maximum absolute atomic E-state index is 5.77. The summed E-state index contributed by atoms with van der Waals surface area (Å²) in [6.07, 6.45) is 10.4. The Hall–Kier alpha value is 0.177. The van der Waals surface area contributed by atoms with E-state index in [1.54, 1.807) is 0 Å². The van der Waals surface area contributed by atoms with Crippen LogP contribution in [0.15, 0.2) is 0 Å². The maximum atomic E-state index is 5.77. The number of unbranched alkanes of at least 4 members (excludes halogenated alkanes) is 5. The fourth-order valence-corrected chi connectivity index (χ4v) is 4.12. The molecule has 2 atom stereocenters. The van der Waals surface area contributed by atoms with Crippen molar-refractivity contribution >= 4 is 8.07 Å². The largest absolute Gasteiger partial charge is 0.373 e. The molecular formula is C13H28OSi. The molecule has 1 aliphatic rings. The van der Waals surface area contributed by atoms with Crippen molar-refractivity contribution in [2.24, 2.45) is 0 Å². The van der Waals surface area contributed by atoms with Gasteiger partial charge in [-0.15, -0.1) is 0 Å². The topological polar surface area (TPSA) is 12.5 Å². The zero-order chi connectivity index (χ0) is 11.3. The van der Waals surface area contributed by atoms with Gasteiger partial charge in [0.15, 0.2) is 0 Å². The monoisotopic (exact) mass is 228 g/mol. The average Bonchev–Trinajstić information content (AvgIpc) is 2.89. The number of epoxide rings is 1. The summed E-state index contributed by atoms with van der Waals surface area (Å²) in [5.41, 5.74) is 0.674. The lowest BCUT2D eigenvalue weighted by Crippen LogP contribution is -2.30. The maximum Gasteiger partial charge on any atom is 0.0819 e. The second kappa shape index (κ2) is 6.05. The highest BCUT2D eigenvalue weighted by Crippen LogP contribution is 2.34. The lowest BCUT2D eigenvalue weighted by atomic mass is 10.1. The molecule has 0 bridgehead atoms. The van der Waals surface area contributed by atoms with E-state index in [1.165, 1.54) is 44.9 Å². The summed E-state index contributed by atoms with van der Waals surface area (Å²) in [7, 11) is -0.990. The van der Waals surface area contributed by atoms with Gasteiger partial charge in [-0.25, -0.2) is 0 Å². The fourth-order valence-electron chi connectivity index (χ4n) is 2.25. The van der Waals surface area contributed by atoms with E-state index in [1.807, 2.05) is 0 Å². The van der Waals surface area contributed by atoms with Crippen LogP contribution in [0, 0.1) is 0 Å². The van der Waals surface area contributed by atoms with Crippen molar-refractivity contribution in [3.05, 3.63) is 0 Å². The van der Waals surface area contributed by atoms with Gasteiger partial charge in [-0.2, -0.15) is 0 Å². The van der Waals surface area contributed by atoms with Crippen LogP contribution in [0.3, 0.4) is 0 Å². The van der Waals surface area contributed by atoms with Crippen LogP contribution in [-0.2, 0) is 4.74 Å². The van der Waals surface area contributed by atoms with Crippen LogP contribution in [0.4, 0.5) is 0 Å². The highest BCUT2D eigenvalue weighted by Gasteiger charge is 2.47. The van der Waals surface area contributed by atoms with Gasteiger partial charge in [-0.05, 0) is 6.42 Å². The third-order valence-corrected chi connectivity index (χ3v) is 5.49. The van der Waals surface area contributed by atoms with E-state index in [2.05, 4.69) is 26.6 Å². The van der Waals surface area contributed by atoms with Crippen LogP contribution in [0.25, 0.3) is 0 Å². The molecule has 1 saturated heterocycles. The highest BCUT2D eigenvalue weighted by atomic mass is 28.3. The van der Waals surface area contributed by atoms with E-state index in [-0.39, 0.29) is 0 Å². The third-order valence-electron chi connectivity index (χ3n) is 3.28. The van der Waals surface area contributed by atoms with Crippen molar-refractivity contribution in [2.75, 3.05) is 0 Å². The summed E-state index contributed by atoms with van der Waals surface area (Å²) in [6, 6.07) is 0. The Kier molecular flexibility index (Phi) is 5.34. The van der Waals surface area contributed by atoms with Crippen LogP contribution in [0.1, 0.15) is 51.9 Å². The number of hydrogen-bond acceptors (Lipinski definition) is 1. The lowest BCUT2D eigenvalue weighted by Gasteiger charge is -2.11. The molecule has 0 aliphatic carbocycles. The predicted octanol–water partition coefficient (Wildman–Crippen LogP) is 4.38. The molecular weight excluding hydrogens is 200 g/mol. The standard InChI is InChI=1S/C13H28OSi/c1-5-6-7-8-9-10-11-12-13(14-12)15(2,3)4/h12-13H,5-11H2,1-4H3/t12-,13-/m1/s1. The Balaban J connectivity index is 1.91. The van der Waals surface area contributed by atoms with Gasteiger partial charge >= 0.3 is 0 Å². The van der Waals surface area contributed by atoms with Gasteiger partial charge in [0, 0.05) is 0 Å². The summed E-state index contributed by atoms with van der Waals surface area (Å²) < 4.78 is 5.77. The molecule has 0 aromatic heterocycles. The molecule has 1 rings (SSSR count). The summed E-state index contributed by atoms with van der Waals surface area (Å²) in [4.78, 5) is 0. The second-order valence-corrected chi connectivity index (χ2v) is 11.3. The Morgan fingerprint density at radius 3 is 2.07 bits per heavy atom. The Morgan fingerprint density at radius 1 is 0.933 bits per heavy atom. The summed E-state index contributed by atoms with van der Waals surface area (Å²) in [5.74, 6) is 0. The van der Waals surface area contributed by atoms with E-state index in [4.69, 9.17) is 4.74 Å². The molecule has 2 heteroatoms. The highest BCUT2D eigenvalue weighted by molar-refractivity contribution is 6.78. The fraction of sp³-hybridized carbons (Fsp3) is 1.00. The molecule has 90 valence electrons. The average molecular weight is 228 g/mol.